The molecule has 0 bridgehead atoms. The third-order valence-corrected chi connectivity index (χ3v) is 6.89. The standard InChI is InChI=1S/C23H26N4O5S/c24-33(31,32)19-9-5-16(6-10-19)11-12-25-20-14-22(29)27(23(20)30)15-17-3-7-18(8-4-17)26-13-1-2-21(26)28/h3-10,20,25H,1-2,11-15H2,(H2,24,31,32). The van der Waals surface area contributed by atoms with E-state index in [-0.39, 0.29) is 35.6 Å². The van der Waals surface area contributed by atoms with E-state index in [0.717, 1.165) is 23.2 Å². The Morgan fingerprint density at radius 1 is 0.939 bits per heavy atom. The lowest BCUT2D eigenvalue weighted by Gasteiger charge is -2.18. The van der Waals surface area contributed by atoms with Crippen molar-refractivity contribution in [3.63, 3.8) is 0 Å². The second-order valence-electron chi connectivity index (χ2n) is 8.28. The molecule has 2 aromatic carbocycles. The van der Waals surface area contributed by atoms with E-state index in [4.69, 9.17) is 5.14 Å². The second-order valence-corrected chi connectivity index (χ2v) is 9.84. The van der Waals surface area contributed by atoms with Crippen molar-refractivity contribution in [3.8, 4) is 0 Å². The number of likely N-dealkylation sites (tertiary alicyclic amines) is 1. The van der Waals surface area contributed by atoms with Gasteiger partial charge in [-0.1, -0.05) is 24.3 Å². The molecule has 174 valence electrons. The minimum Gasteiger partial charge on any atom is -0.312 e. The highest BCUT2D eigenvalue weighted by Gasteiger charge is 2.38. The van der Waals surface area contributed by atoms with Crippen molar-refractivity contribution in [2.24, 2.45) is 5.14 Å². The van der Waals surface area contributed by atoms with Gasteiger partial charge in [0.2, 0.25) is 27.7 Å². The Hall–Kier alpha value is -3.08. The van der Waals surface area contributed by atoms with E-state index in [2.05, 4.69) is 5.32 Å². The first kappa shape index (κ1) is 23.1. The van der Waals surface area contributed by atoms with Crippen LogP contribution in [0.1, 0.15) is 30.4 Å². The summed E-state index contributed by atoms with van der Waals surface area (Å²) in [7, 11) is -3.73. The summed E-state index contributed by atoms with van der Waals surface area (Å²) in [5, 5.41) is 8.22. The number of anilines is 1. The van der Waals surface area contributed by atoms with Crippen molar-refractivity contribution in [2.75, 3.05) is 18.0 Å². The van der Waals surface area contributed by atoms with Gasteiger partial charge in [-0.05, 0) is 54.8 Å². The fourth-order valence-electron chi connectivity index (χ4n) is 4.13. The highest BCUT2D eigenvalue weighted by atomic mass is 32.2. The molecule has 2 aliphatic rings. The molecule has 2 aliphatic heterocycles. The van der Waals surface area contributed by atoms with Gasteiger partial charge in [-0.15, -0.1) is 0 Å². The molecule has 2 heterocycles. The zero-order valence-electron chi connectivity index (χ0n) is 18.1. The lowest BCUT2D eigenvalue weighted by Crippen LogP contribution is -2.39. The predicted molar refractivity (Wildman–Crippen MR) is 122 cm³/mol. The van der Waals surface area contributed by atoms with E-state index in [0.29, 0.717) is 25.9 Å². The number of hydrogen-bond donors (Lipinski definition) is 2. The fraction of sp³-hybridized carbons (Fsp3) is 0.348. The number of hydrogen-bond acceptors (Lipinski definition) is 6. The molecule has 0 aliphatic carbocycles. The van der Waals surface area contributed by atoms with Gasteiger partial charge in [-0.25, -0.2) is 13.6 Å². The normalized spacial score (nSPS) is 19.1. The lowest BCUT2D eigenvalue weighted by molar-refractivity contribution is -0.139. The van der Waals surface area contributed by atoms with Crippen LogP contribution in [0.3, 0.4) is 0 Å². The zero-order chi connectivity index (χ0) is 23.6. The van der Waals surface area contributed by atoms with Crippen LogP contribution < -0.4 is 15.4 Å². The number of carbonyl (C=O) groups excluding carboxylic acids is 3. The number of primary sulfonamides is 1. The smallest absolute Gasteiger partial charge is 0.247 e. The Morgan fingerprint density at radius 3 is 2.21 bits per heavy atom. The highest BCUT2D eigenvalue weighted by molar-refractivity contribution is 7.89. The molecular formula is C23H26N4O5S. The third-order valence-electron chi connectivity index (χ3n) is 5.96. The first-order valence-electron chi connectivity index (χ1n) is 10.8. The van der Waals surface area contributed by atoms with Crippen LogP contribution in [0.2, 0.25) is 0 Å². The molecule has 3 amide bonds. The summed E-state index contributed by atoms with van der Waals surface area (Å²) in [6, 6.07) is 13.0. The van der Waals surface area contributed by atoms with Crippen molar-refractivity contribution in [2.45, 2.75) is 43.2 Å². The van der Waals surface area contributed by atoms with Crippen LogP contribution in [-0.2, 0) is 37.4 Å². The average Bonchev–Trinajstić information content (AvgIpc) is 3.32. The van der Waals surface area contributed by atoms with Crippen molar-refractivity contribution in [3.05, 3.63) is 59.7 Å². The number of benzene rings is 2. The first-order valence-corrected chi connectivity index (χ1v) is 12.4. The molecule has 2 aromatic rings. The van der Waals surface area contributed by atoms with Gasteiger partial charge in [0.1, 0.15) is 0 Å². The Balaban J connectivity index is 1.30. The minimum atomic E-state index is -3.73. The monoisotopic (exact) mass is 470 g/mol. The van der Waals surface area contributed by atoms with E-state index in [1.807, 2.05) is 24.3 Å². The van der Waals surface area contributed by atoms with Gasteiger partial charge in [0.05, 0.1) is 23.9 Å². The molecule has 0 radical (unpaired) electrons. The molecule has 3 N–H and O–H groups in total. The minimum absolute atomic E-state index is 0.0477. The summed E-state index contributed by atoms with van der Waals surface area (Å²) in [6.45, 7) is 1.37. The van der Waals surface area contributed by atoms with Crippen LogP contribution in [0.15, 0.2) is 53.4 Å². The van der Waals surface area contributed by atoms with Crippen LogP contribution in [0.25, 0.3) is 0 Å². The van der Waals surface area contributed by atoms with Gasteiger partial charge in [0.15, 0.2) is 0 Å². The molecule has 4 rings (SSSR count). The third kappa shape index (κ3) is 5.29. The van der Waals surface area contributed by atoms with E-state index < -0.39 is 16.1 Å². The number of amides is 3. The quantitative estimate of drug-likeness (QED) is 0.552. The molecule has 2 saturated heterocycles. The number of nitrogens with two attached hydrogens (primary N) is 1. The van der Waals surface area contributed by atoms with Gasteiger partial charge in [0.25, 0.3) is 0 Å². The average molecular weight is 471 g/mol. The van der Waals surface area contributed by atoms with E-state index in [1.165, 1.54) is 17.0 Å². The topological polar surface area (TPSA) is 130 Å². The summed E-state index contributed by atoms with van der Waals surface area (Å²) < 4.78 is 22.7. The largest absolute Gasteiger partial charge is 0.312 e. The predicted octanol–water partition coefficient (Wildman–Crippen LogP) is 0.921. The Morgan fingerprint density at radius 2 is 1.61 bits per heavy atom. The first-order chi connectivity index (χ1) is 15.7. The van der Waals surface area contributed by atoms with Crippen molar-refractivity contribution in [1.82, 2.24) is 10.2 Å². The van der Waals surface area contributed by atoms with Gasteiger partial charge < -0.3 is 10.2 Å². The van der Waals surface area contributed by atoms with Crippen molar-refractivity contribution >= 4 is 33.4 Å². The zero-order valence-corrected chi connectivity index (χ0v) is 18.9. The number of carbonyl (C=O) groups is 3. The molecular weight excluding hydrogens is 444 g/mol. The number of sulfonamides is 1. The van der Waals surface area contributed by atoms with E-state index in [1.54, 1.807) is 17.0 Å². The molecule has 0 saturated carbocycles. The molecule has 10 heteroatoms. The van der Waals surface area contributed by atoms with E-state index in [9.17, 15) is 22.8 Å². The van der Waals surface area contributed by atoms with Crippen LogP contribution >= 0.6 is 0 Å². The number of rotatable bonds is 8. The molecule has 1 unspecified atom stereocenters. The van der Waals surface area contributed by atoms with Gasteiger partial charge in [-0.2, -0.15) is 0 Å². The lowest BCUT2D eigenvalue weighted by atomic mass is 10.1. The summed E-state index contributed by atoms with van der Waals surface area (Å²) >= 11 is 0. The highest BCUT2D eigenvalue weighted by Crippen LogP contribution is 2.23. The molecule has 33 heavy (non-hydrogen) atoms. The van der Waals surface area contributed by atoms with Crippen LogP contribution in [0, 0.1) is 0 Å². The maximum atomic E-state index is 12.7. The maximum Gasteiger partial charge on any atom is 0.247 e. The number of imide groups is 1. The Kier molecular flexibility index (Phi) is 6.59. The van der Waals surface area contributed by atoms with E-state index >= 15 is 0 Å². The number of nitrogens with zero attached hydrogens (tertiary/aromatic N) is 2. The van der Waals surface area contributed by atoms with Crippen molar-refractivity contribution < 1.29 is 22.8 Å². The summed E-state index contributed by atoms with van der Waals surface area (Å²) in [5.74, 6) is -0.376. The van der Waals surface area contributed by atoms with Crippen LogP contribution in [0.5, 0.6) is 0 Å². The van der Waals surface area contributed by atoms with Crippen molar-refractivity contribution in [1.29, 1.82) is 0 Å². The molecule has 0 aromatic heterocycles. The Labute approximate surface area is 192 Å². The van der Waals surface area contributed by atoms with Gasteiger partial charge in [-0.3, -0.25) is 19.3 Å². The molecule has 9 nitrogen and oxygen atoms in total. The summed E-state index contributed by atoms with van der Waals surface area (Å²) in [5.41, 5.74) is 2.54. The molecule has 1 atom stereocenters. The fourth-order valence-corrected chi connectivity index (χ4v) is 4.65. The summed E-state index contributed by atoms with van der Waals surface area (Å²) in [4.78, 5) is 40.1. The van der Waals surface area contributed by atoms with Crippen LogP contribution in [0.4, 0.5) is 5.69 Å². The molecule has 0 spiro atoms. The van der Waals surface area contributed by atoms with Gasteiger partial charge in [0, 0.05) is 18.7 Å². The SMILES string of the molecule is NS(=O)(=O)c1ccc(CCNC2CC(=O)N(Cc3ccc(N4CCCC4=O)cc3)C2=O)cc1. The van der Waals surface area contributed by atoms with Crippen LogP contribution in [-0.4, -0.2) is 50.2 Å². The molecule has 2 fully saturated rings. The summed E-state index contributed by atoms with van der Waals surface area (Å²) in [6.07, 6.45) is 2.09. The number of nitrogens with one attached hydrogen (secondary N) is 1. The Bertz CT molecular complexity index is 1160. The second kappa shape index (κ2) is 9.42. The van der Waals surface area contributed by atoms with Gasteiger partial charge >= 0.3 is 0 Å². The maximum absolute atomic E-state index is 12.7.